The number of hydrogen-bond donors (Lipinski definition) is 3. The summed E-state index contributed by atoms with van der Waals surface area (Å²) < 4.78 is 5.03. The Morgan fingerprint density at radius 1 is 0.926 bits per heavy atom. The highest BCUT2D eigenvalue weighted by atomic mass is 35.5. The molecule has 0 aliphatic carbocycles. The number of carbonyl (C=O) groups excluding carboxylic acids is 2. The van der Waals surface area contributed by atoms with Crippen LogP contribution >= 0.6 is 23.2 Å². The predicted molar refractivity (Wildman–Crippen MR) is 105 cm³/mol. The van der Waals surface area contributed by atoms with Crippen LogP contribution in [0.25, 0.3) is 0 Å². The number of anilines is 2. The molecule has 3 N–H and O–H groups in total. The molecule has 0 fully saturated rings. The van der Waals surface area contributed by atoms with Crippen molar-refractivity contribution < 1.29 is 14.0 Å². The SMILES string of the molecule is O=C(NCc1ccccc1Cl)Nc1ccc(NC(=O)c2ccco2)c(Cl)c1. The first-order chi connectivity index (χ1) is 13.0. The number of furan rings is 1. The Hall–Kier alpha value is -2.96. The van der Waals surface area contributed by atoms with E-state index in [1.807, 2.05) is 18.2 Å². The first-order valence-electron chi connectivity index (χ1n) is 7.95. The van der Waals surface area contributed by atoms with E-state index < -0.39 is 11.9 Å². The van der Waals surface area contributed by atoms with Gasteiger partial charge in [0.1, 0.15) is 0 Å². The summed E-state index contributed by atoms with van der Waals surface area (Å²) in [5.74, 6) is -0.243. The highest BCUT2D eigenvalue weighted by Gasteiger charge is 2.12. The van der Waals surface area contributed by atoms with Crippen LogP contribution in [0.4, 0.5) is 16.2 Å². The number of urea groups is 1. The fourth-order valence-corrected chi connectivity index (χ4v) is 2.71. The van der Waals surface area contributed by atoms with Crippen LogP contribution in [0.15, 0.2) is 65.3 Å². The zero-order chi connectivity index (χ0) is 19.2. The van der Waals surface area contributed by atoms with Crippen LogP contribution in [0.3, 0.4) is 0 Å². The van der Waals surface area contributed by atoms with Gasteiger partial charge in [-0.15, -0.1) is 0 Å². The van der Waals surface area contributed by atoms with Gasteiger partial charge in [0.15, 0.2) is 5.76 Å². The van der Waals surface area contributed by atoms with Crippen molar-refractivity contribution in [2.24, 2.45) is 0 Å². The Balaban J connectivity index is 1.57. The van der Waals surface area contributed by atoms with E-state index >= 15 is 0 Å². The molecule has 3 aromatic rings. The van der Waals surface area contributed by atoms with E-state index in [9.17, 15) is 9.59 Å². The fraction of sp³-hybridized carbons (Fsp3) is 0.0526. The highest BCUT2D eigenvalue weighted by molar-refractivity contribution is 6.34. The van der Waals surface area contributed by atoms with Crippen LogP contribution in [0, 0.1) is 0 Å². The molecule has 27 heavy (non-hydrogen) atoms. The van der Waals surface area contributed by atoms with Gasteiger partial charge in [-0.1, -0.05) is 41.4 Å². The second-order valence-corrected chi connectivity index (χ2v) is 6.34. The lowest BCUT2D eigenvalue weighted by Crippen LogP contribution is -2.28. The van der Waals surface area contributed by atoms with Gasteiger partial charge in [-0.3, -0.25) is 4.79 Å². The second kappa shape index (κ2) is 8.62. The Labute approximate surface area is 165 Å². The summed E-state index contributed by atoms with van der Waals surface area (Å²) >= 11 is 12.2. The first kappa shape index (κ1) is 18.8. The Kier molecular flexibility index (Phi) is 6.01. The van der Waals surface area contributed by atoms with E-state index in [-0.39, 0.29) is 17.3 Å². The Morgan fingerprint density at radius 2 is 1.74 bits per heavy atom. The molecule has 1 heterocycles. The van der Waals surface area contributed by atoms with E-state index in [1.165, 1.54) is 12.3 Å². The standard InChI is InChI=1S/C19H15Cl2N3O3/c20-14-5-2-1-4-12(14)11-22-19(26)23-13-7-8-16(15(21)10-13)24-18(25)17-6-3-9-27-17/h1-10H,11H2,(H,24,25)(H2,22,23,26). The summed E-state index contributed by atoms with van der Waals surface area (Å²) in [4.78, 5) is 24.0. The van der Waals surface area contributed by atoms with Crippen molar-refractivity contribution in [1.29, 1.82) is 0 Å². The van der Waals surface area contributed by atoms with Gasteiger partial charge < -0.3 is 20.4 Å². The van der Waals surface area contributed by atoms with Crippen LogP contribution in [-0.2, 0) is 6.54 Å². The number of benzene rings is 2. The second-order valence-electron chi connectivity index (χ2n) is 5.53. The van der Waals surface area contributed by atoms with Gasteiger partial charge in [0.05, 0.1) is 17.0 Å². The molecule has 3 amide bonds. The lowest BCUT2D eigenvalue weighted by atomic mass is 10.2. The Morgan fingerprint density at radius 3 is 2.44 bits per heavy atom. The van der Waals surface area contributed by atoms with Crippen molar-refractivity contribution in [3.8, 4) is 0 Å². The fourth-order valence-electron chi connectivity index (χ4n) is 2.28. The minimum Gasteiger partial charge on any atom is -0.459 e. The zero-order valence-corrected chi connectivity index (χ0v) is 15.5. The minimum absolute atomic E-state index is 0.173. The number of carbonyl (C=O) groups is 2. The molecule has 2 aromatic carbocycles. The van der Waals surface area contributed by atoms with E-state index in [2.05, 4.69) is 16.0 Å². The predicted octanol–water partition coefficient (Wildman–Crippen LogP) is 5.16. The van der Waals surface area contributed by atoms with Crippen LogP contribution in [0.2, 0.25) is 10.0 Å². The molecule has 3 rings (SSSR count). The molecule has 138 valence electrons. The molecule has 0 saturated heterocycles. The average Bonchev–Trinajstić information content (AvgIpc) is 3.18. The largest absolute Gasteiger partial charge is 0.459 e. The van der Waals surface area contributed by atoms with Crippen molar-refractivity contribution >= 4 is 46.5 Å². The highest BCUT2D eigenvalue weighted by Crippen LogP contribution is 2.26. The number of hydrogen-bond acceptors (Lipinski definition) is 3. The van der Waals surface area contributed by atoms with Crippen molar-refractivity contribution in [3.05, 3.63) is 82.2 Å². The summed E-state index contributed by atoms with van der Waals surface area (Å²) in [5, 5.41) is 8.88. The van der Waals surface area contributed by atoms with Crippen molar-refractivity contribution in [3.63, 3.8) is 0 Å². The van der Waals surface area contributed by atoms with Gasteiger partial charge in [-0.2, -0.15) is 0 Å². The van der Waals surface area contributed by atoms with Gasteiger partial charge in [0.25, 0.3) is 5.91 Å². The van der Waals surface area contributed by atoms with E-state index in [4.69, 9.17) is 27.6 Å². The summed E-state index contributed by atoms with van der Waals surface area (Å²) in [6.45, 7) is 0.288. The summed E-state index contributed by atoms with van der Waals surface area (Å²) in [6.07, 6.45) is 1.41. The molecular weight excluding hydrogens is 389 g/mol. The molecule has 1 aromatic heterocycles. The molecule has 0 aliphatic rings. The van der Waals surface area contributed by atoms with Crippen molar-refractivity contribution in [2.75, 3.05) is 10.6 Å². The summed E-state index contributed by atoms with van der Waals surface area (Å²) in [6, 6.07) is 14.8. The average molecular weight is 404 g/mol. The van der Waals surface area contributed by atoms with Gasteiger partial charge in [-0.25, -0.2) is 4.79 Å². The molecule has 0 spiro atoms. The molecule has 0 aliphatic heterocycles. The molecule has 0 atom stereocenters. The maximum absolute atomic E-state index is 12.0. The van der Waals surface area contributed by atoms with Crippen LogP contribution in [0.1, 0.15) is 16.1 Å². The molecule has 8 heteroatoms. The molecule has 0 unspecified atom stereocenters. The number of nitrogens with one attached hydrogen (secondary N) is 3. The van der Waals surface area contributed by atoms with Crippen LogP contribution in [-0.4, -0.2) is 11.9 Å². The molecule has 0 saturated carbocycles. The van der Waals surface area contributed by atoms with Crippen molar-refractivity contribution in [2.45, 2.75) is 6.54 Å². The van der Waals surface area contributed by atoms with Gasteiger partial charge in [0, 0.05) is 17.3 Å². The third-order valence-electron chi connectivity index (χ3n) is 3.62. The lowest BCUT2D eigenvalue weighted by Gasteiger charge is -2.11. The number of halogens is 2. The third-order valence-corrected chi connectivity index (χ3v) is 4.30. The summed E-state index contributed by atoms with van der Waals surface area (Å²) in [5.41, 5.74) is 1.69. The van der Waals surface area contributed by atoms with Gasteiger partial charge >= 0.3 is 6.03 Å². The quantitative estimate of drug-likeness (QED) is 0.549. The van der Waals surface area contributed by atoms with E-state index in [0.717, 1.165) is 5.56 Å². The molecule has 0 radical (unpaired) electrons. The first-order valence-corrected chi connectivity index (χ1v) is 8.71. The van der Waals surface area contributed by atoms with E-state index in [0.29, 0.717) is 16.4 Å². The smallest absolute Gasteiger partial charge is 0.319 e. The maximum atomic E-state index is 12.0. The summed E-state index contributed by atoms with van der Waals surface area (Å²) in [7, 11) is 0. The number of amides is 3. The third kappa shape index (κ3) is 5.03. The topological polar surface area (TPSA) is 83.4 Å². The molecule has 6 nitrogen and oxygen atoms in total. The minimum atomic E-state index is -0.417. The van der Waals surface area contributed by atoms with E-state index in [1.54, 1.807) is 30.3 Å². The Bertz CT molecular complexity index is 959. The van der Waals surface area contributed by atoms with Gasteiger partial charge in [0.2, 0.25) is 0 Å². The van der Waals surface area contributed by atoms with Gasteiger partial charge in [-0.05, 0) is 42.0 Å². The zero-order valence-electron chi connectivity index (χ0n) is 14.0. The van der Waals surface area contributed by atoms with Crippen LogP contribution < -0.4 is 16.0 Å². The number of rotatable bonds is 5. The molecular formula is C19H15Cl2N3O3. The van der Waals surface area contributed by atoms with Crippen molar-refractivity contribution in [1.82, 2.24) is 5.32 Å². The monoisotopic (exact) mass is 403 g/mol. The lowest BCUT2D eigenvalue weighted by molar-refractivity contribution is 0.0996. The molecule has 0 bridgehead atoms. The normalized spacial score (nSPS) is 10.3. The maximum Gasteiger partial charge on any atom is 0.319 e. The van der Waals surface area contributed by atoms with Crippen LogP contribution in [0.5, 0.6) is 0 Å².